The van der Waals surface area contributed by atoms with Crippen LogP contribution in [-0.2, 0) is 18.8 Å². The summed E-state index contributed by atoms with van der Waals surface area (Å²) in [5.74, 6) is -0.931. The number of halogens is 1. The molecule has 0 saturated heterocycles. The molecule has 0 fully saturated rings. The van der Waals surface area contributed by atoms with Crippen LogP contribution < -0.4 is 5.73 Å². The van der Waals surface area contributed by atoms with Crippen LogP contribution >= 0.6 is 9.42 Å². The maximum Gasteiger partial charge on any atom is -0.693 e. The van der Waals surface area contributed by atoms with Gasteiger partial charge in [0.1, 0.15) is 0 Å². The van der Waals surface area contributed by atoms with Gasteiger partial charge in [0, 0.05) is 5.69 Å². The molecule has 85 valence electrons. The van der Waals surface area contributed by atoms with Gasteiger partial charge in [0.15, 0.2) is 0 Å². The standard InChI is InChI=1S/C7H7NO2.ClH.2H2N.Pt/c8-6-3-1-5(2-4-6)7(9)10;;;;/h1-4H,8H2,(H,9,10);1H;2*1H2;/q;;2*-1;+1/p-1. The molecule has 0 radical (unpaired) electrons. The Bertz CT molecular complexity index is 256. The van der Waals surface area contributed by atoms with Crippen molar-refractivity contribution < 1.29 is 28.7 Å². The van der Waals surface area contributed by atoms with Crippen LogP contribution in [0.2, 0.25) is 0 Å². The van der Waals surface area contributed by atoms with Gasteiger partial charge in [0.25, 0.3) is 0 Å². The van der Waals surface area contributed by atoms with E-state index >= 15 is 0 Å². The fraction of sp³-hybridized carbons (Fsp3) is 0. The zero-order chi connectivity index (χ0) is 9.56. The Kier molecular flexibility index (Phi) is 14.2. The Morgan fingerprint density at radius 1 is 1.21 bits per heavy atom. The smallest absolute Gasteiger partial charge is 0.693 e. The van der Waals surface area contributed by atoms with Crippen molar-refractivity contribution in [3.63, 3.8) is 0 Å². The molecule has 0 unspecified atom stereocenters. The van der Waals surface area contributed by atoms with Crippen LogP contribution in [0.5, 0.6) is 0 Å². The number of hydrogen-bond donors (Lipinski definition) is 2. The molecule has 0 bridgehead atoms. The van der Waals surface area contributed by atoms with E-state index < -0.39 is 5.97 Å². The third-order valence-corrected chi connectivity index (χ3v) is 1.16. The summed E-state index contributed by atoms with van der Waals surface area (Å²) in [5.41, 5.74) is 6.17. The molecular weight excluding hydrogens is 389 g/mol. The van der Waals surface area contributed by atoms with Crippen LogP contribution in [0.15, 0.2) is 24.3 Å². The topological polar surface area (TPSA) is 130 Å². The van der Waals surface area contributed by atoms with Gasteiger partial charge in [0.05, 0.1) is 5.56 Å². The number of anilines is 1. The van der Waals surface area contributed by atoms with Gasteiger partial charge in [0.2, 0.25) is 0 Å². The molecule has 14 heavy (non-hydrogen) atoms. The predicted octanol–water partition coefficient (Wildman–Crippen LogP) is 3.09. The van der Waals surface area contributed by atoms with Gasteiger partial charge in [-0.05, 0) is 24.3 Å². The number of benzene rings is 1. The predicted molar refractivity (Wildman–Crippen MR) is 54.2 cm³/mol. The molecule has 0 atom stereocenters. The quantitative estimate of drug-likeness (QED) is 0.703. The summed E-state index contributed by atoms with van der Waals surface area (Å²) in [6, 6.07) is 6.06. The number of carboxylic acids is 1. The first-order valence-electron chi connectivity index (χ1n) is 2.91. The van der Waals surface area contributed by atoms with Gasteiger partial charge >= 0.3 is 34.2 Å². The summed E-state index contributed by atoms with van der Waals surface area (Å²) in [4.78, 5) is 10.3. The molecule has 1 aromatic rings. The SMILES string of the molecule is Nc1ccc(C(=O)O)cc1.[Cl][Pt].[NH2-].[NH2-]. The maximum atomic E-state index is 10.3. The van der Waals surface area contributed by atoms with Crippen molar-refractivity contribution in [1.82, 2.24) is 0 Å². The molecule has 0 aliphatic carbocycles. The molecule has 0 heterocycles. The van der Waals surface area contributed by atoms with Crippen molar-refractivity contribution in [2.24, 2.45) is 0 Å². The van der Waals surface area contributed by atoms with Crippen LogP contribution in [0.4, 0.5) is 5.69 Å². The van der Waals surface area contributed by atoms with Crippen LogP contribution in [0, 0.1) is 0 Å². The first kappa shape index (κ1) is 19.0. The van der Waals surface area contributed by atoms with Gasteiger partial charge in [-0.2, -0.15) is 0 Å². The number of hydrogen-bond acceptors (Lipinski definition) is 2. The second-order valence-corrected chi connectivity index (χ2v) is 1.93. The third kappa shape index (κ3) is 6.86. The van der Waals surface area contributed by atoms with E-state index in [0.717, 1.165) is 0 Å². The molecular formula is C7H11ClN3O2Pt-2. The second kappa shape index (κ2) is 10.5. The summed E-state index contributed by atoms with van der Waals surface area (Å²) in [5, 5.41) is 8.43. The van der Waals surface area contributed by atoms with E-state index in [0.29, 0.717) is 5.69 Å². The van der Waals surface area contributed by atoms with Crippen molar-refractivity contribution in [3.05, 3.63) is 42.1 Å². The van der Waals surface area contributed by atoms with Gasteiger partial charge in [-0.15, -0.1) is 0 Å². The second-order valence-electron chi connectivity index (χ2n) is 1.93. The van der Waals surface area contributed by atoms with Crippen molar-refractivity contribution >= 4 is 21.1 Å². The minimum atomic E-state index is -0.931. The number of carbonyl (C=O) groups is 1. The molecule has 7 N–H and O–H groups in total. The molecule has 0 aliphatic heterocycles. The Hall–Kier alpha value is -0.612. The molecule has 0 saturated carbocycles. The van der Waals surface area contributed by atoms with E-state index in [1.54, 1.807) is 30.9 Å². The van der Waals surface area contributed by atoms with E-state index in [-0.39, 0.29) is 17.9 Å². The average molecular weight is 400 g/mol. The van der Waals surface area contributed by atoms with Crippen LogP contribution in [0.3, 0.4) is 0 Å². The van der Waals surface area contributed by atoms with Crippen molar-refractivity contribution in [2.45, 2.75) is 0 Å². The van der Waals surface area contributed by atoms with Crippen molar-refractivity contribution in [3.8, 4) is 0 Å². The van der Waals surface area contributed by atoms with Gasteiger partial charge < -0.3 is 23.1 Å². The Morgan fingerprint density at radius 3 is 1.86 bits per heavy atom. The van der Waals surface area contributed by atoms with Crippen molar-refractivity contribution in [1.29, 1.82) is 0 Å². The number of aromatic carboxylic acids is 1. The van der Waals surface area contributed by atoms with Gasteiger partial charge in [-0.25, -0.2) is 4.79 Å². The summed E-state index contributed by atoms with van der Waals surface area (Å²) in [6.45, 7) is 0. The third-order valence-electron chi connectivity index (χ3n) is 1.16. The molecule has 0 spiro atoms. The van der Waals surface area contributed by atoms with E-state index in [4.69, 9.17) is 10.8 Å². The van der Waals surface area contributed by atoms with Crippen LogP contribution in [-0.4, -0.2) is 11.1 Å². The number of nitrogens with two attached hydrogens (primary N) is 3. The van der Waals surface area contributed by atoms with Crippen LogP contribution in [0.25, 0.3) is 12.3 Å². The van der Waals surface area contributed by atoms with Gasteiger partial charge in [-0.3, -0.25) is 0 Å². The van der Waals surface area contributed by atoms with Gasteiger partial charge in [-0.1, -0.05) is 0 Å². The number of nitrogen functional groups attached to an aromatic ring is 1. The summed E-state index contributed by atoms with van der Waals surface area (Å²) < 4.78 is 0. The summed E-state index contributed by atoms with van der Waals surface area (Å²) >= 11 is 1.61. The van der Waals surface area contributed by atoms with Crippen molar-refractivity contribution in [2.75, 3.05) is 5.73 Å². The normalized spacial score (nSPS) is 7.07. The van der Waals surface area contributed by atoms with E-state index in [2.05, 4.69) is 9.42 Å². The monoisotopic (exact) mass is 399 g/mol. The first-order valence-corrected chi connectivity index (χ1v) is 5.72. The van der Waals surface area contributed by atoms with E-state index in [1.165, 1.54) is 12.1 Å². The minimum Gasteiger partial charge on any atom is -0.693 e. The molecule has 1 aromatic carbocycles. The zero-order valence-electron chi connectivity index (χ0n) is 7.09. The molecule has 7 heteroatoms. The van der Waals surface area contributed by atoms with E-state index in [1.807, 2.05) is 0 Å². The Balaban J connectivity index is -0.000000284. The average Bonchev–Trinajstić information content (AvgIpc) is 2.09. The molecule has 0 aromatic heterocycles. The fourth-order valence-corrected chi connectivity index (χ4v) is 0.626. The molecule has 0 amide bonds. The summed E-state index contributed by atoms with van der Waals surface area (Å²) in [7, 11) is 4.61. The first-order chi connectivity index (χ1) is 5.70. The van der Waals surface area contributed by atoms with E-state index in [9.17, 15) is 4.79 Å². The maximum absolute atomic E-state index is 10.3. The zero-order valence-corrected chi connectivity index (χ0v) is 10.1. The number of rotatable bonds is 1. The summed E-state index contributed by atoms with van der Waals surface area (Å²) in [6.07, 6.45) is 0. The molecule has 0 aliphatic rings. The molecule has 1 rings (SSSR count). The number of carboxylic acid groups (broad SMARTS) is 1. The molecule has 5 nitrogen and oxygen atoms in total. The Morgan fingerprint density at radius 2 is 1.57 bits per heavy atom. The van der Waals surface area contributed by atoms with Crippen LogP contribution in [0.1, 0.15) is 10.4 Å². The minimum absolute atomic E-state index is 0. The largest absolute Gasteiger partial charge is 0.693 e. The Labute approximate surface area is 97.6 Å². The fourth-order valence-electron chi connectivity index (χ4n) is 0.626.